The van der Waals surface area contributed by atoms with E-state index in [1.165, 1.54) is 20.3 Å². The summed E-state index contributed by atoms with van der Waals surface area (Å²) in [7, 11) is 3.03. The Kier molecular flexibility index (Phi) is 6.36. The predicted octanol–water partition coefficient (Wildman–Crippen LogP) is 2.68. The van der Waals surface area contributed by atoms with Gasteiger partial charge in [-0.1, -0.05) is 6.07 Å². The number of ether oxygens (including phenoxy) is 2. The molecule has 0 spiro atoms. The fourth-order valence-electron chi connectivity index (χ4n) is 2.56. The number of aromatic nitrogens is 2. The molecule has 2 heterocycles. The van der Waals surface area contributed by atoms with Crippen LogP contribution in [0.5, 0.6) is 11.5 Å². The zero-order valence-corrected chi connectivity index (χ0v) is 16.0. The van der Waals surface area contributed by atoms with Crippen LogP contribution in [-0.4, -0.2) is 36.0 Å². The summed E-state index contributed by atoms with van der Waals surface area (Å²) in [5.74, 6) is 0.194. The number of hydrogen-bond donors (Lipinski definition) is 2. The quantitative estimate of drug-likeness (QED) is 0.641. The summed E-state index contributed by atoms with van der Waals surface area (Å²) in [4.78, 5) is 33.1. The van der Waals surface area contributed by atoms with Crippen LogP contribution in [0.1, 0.15) is 26.5 Å². The largest absolute Gasteiger partial charge is 0.497 e. The van der Waals surface area contributed by atoms with Crippen LogP contribution in [0.25, 0.3) is 0 Å². The molecule has 148 valence electrons. The summed E-state index contributed by atoms with van der Waals surface area (Å²) in [6, 6.07) is 13.3. The predicted molar refractivity (Wildman–Crippen MR) is 107 cm³/mol. The van der Waals surface area contributed by atoms with Crippen molar-refractivity contribution in [3.8, 4) is 11.5 Å². The number of hydrogen-bond acceptors (Lipinski definition) is 6. The van der Waals surface area contributed by atoms with Crippen molar-refractivity contribution in [1.82, 2.24) is 15.3 Å². The van der Waals surface area contributed by atoms with Crippen molar-refractivity contribution < 1.29 is 19.1 Å². The summed E-state index contributed by atoms with van der Waals surface area (Å²) in [5, 5.41) is 5.50. The standard InChI is InChI=1S/C21H20N4O4/c1-28-15-6-7-19(29-2)18(12-15)25-21(27)17-5-3-4-16(24-17)20(26)23-13-14-8-10-22-11-9-14/h3-12H,13H2,1-2H3,(H,23,26)(H,25,27). The minimum Gasteiger partial charge on any atom is -0.497 e. The molecule has 0 atom stereocenters. The smallest absolute Gasteiger partial charge is 0.274 e. The highest BCUT2D eigenvalue weighted by molar-refractivity contribution is 6.04. The lowest BCUT2D eigenvalue weighted by molar-refractivity contribution is 0.0945. The summed E-state index contributed by atoms with van der Waals surface area (Å²) < 4.78 is 10.4. The molecule has 3 aromatic rings. The van der Waals surface area contributed by atoms with E-state index in [1.54, 1.807) is 54.9 Å². The SMILES string of the molecule is COc1ccc(OC)c(NC(=O)c2cccc(C(=O)NCc3ccncc3)n2)c1. The molecular formula is C21H20N4O4. The minimum absolute atomic E-state index is 0.103. The molecule has 0 saturated carbocycles. The van der Waals surface area contributed by atoms with Crippen LogP contribution in [0.2, 0.25) is 0 Å². The van der Waals surface area contributed by atoms with Gasteiger partial charge in [0.2, 0.25) is 0 Å². The zero-order chi connectivity index (χ0) is 20.6. The normalized spacial score (nSPS) is 10.1. The van der Waals surface area contributed by atoms with E-state index in [2.05, 4.69) is 20.6 Å². The van der Waals surface area contributed by atoms with Crippen LogP contribution in [0.15, 0.2) is 60.9 Å². The summed E-state index contributed by atoms with van der Waals surface area (Å²) >= 11 is 0. The van der Waals surface area contributed by atoms with E-state index in [-0.39, 0.29) is 17.3 Å². The van der Waals surface area contributed by atoms with E-state index in [0.29, 0.717) is 23.7 Å². The van der Waals surface area contributed by atoms with E-state index in [1.807, 2.05) is 0 Å². The first kappa shape index (κ1) is 19.8. The Bertz CT molecular complexity index is 1010. The number of methoxy groups -OCH3 is 2. The number of anilines is 1. The molecule has 2 amide bonds. The van der Waals surface area contributed by atoms with Gasteiger partial charge in [0.1, 0.15) is 22.9 Å². The van der Waals surface area contributed by atoms with Crippen molar-refractivity contribution in [2.24, 2.45) is 0 Å². The van der Waals surface area contributed by atoms with E-state index >= 15 is 0 Å². The van der Waals surface area contributed by atoms with Gasteiger partial charge >= 0.3 is 0 Å². The highest BCUT2D eigenvalue weighted by Gasteiger charge is 2.15. The van der Waals surface area contributed by atoms with Gasteiger partial charge in [0.15, 0.2) is 0 Å². The zero-order valence-electron chi connectivity index (χ0n) is 16.0. The van der Waals surface area contributed by atoms with Gasteiger partial charge in [-0.05, 0) is 42.0 Å². The third-order valence-corrected chi connectivity index (χ3v) is 4.07. The molecule has 0 aliphatic rings. The molecule has 8 nitrogen and oxygen atoms in total. The van der Waals surface area contributed by atoms with Gasteiger partial charge < -0.3 is 20.1 Å². The first-order valence-electron chi connectivity index (χ1n) is 8.78. The number of amides is 2. The lowest BCUT2D eigenvalue weighted by Crippen LogP contribution is -2.25. The summed E-state index contributed by atoms with van der Waals surface area (Å²) in [6.07, 6.45) is 3.30. The van der Waals surface area contributed by atoms with E-state index in [0.717, 1.165) is 5.56 Å². The Labute approximate surface area is 167 Å². The van der Waals surface area contributed by atoms with Crippen LogP contribution in [0, 0.1) is 0 Å². The molecule has 8 heteroatoms. The Hall–Kier alpha value is -3.94. The van der Waals surface area contributed by atoms with Gasteiger partial charge in [0.25, 0.3) is 11.8 Å². The van der Waals surface area contributed by atoms with Gasteiger partial charge in [-0.15, -0.1) is 0 Å². The van der Waals surface area contributed by atoms with Crippen LogP contribution < -0.4 is 20.1 Å². The van der Waals surface area contributed by atoms with Crippen molar-refractivity contribution in [1.29, 1.82) is 0 Å². The maximum absolute atomic E-state index is 12.6. The van der Waals surface area contributed by atoms with Gasteiger partial charge in [0.05, 0.1) is 19.9 Å². The second kappa shape index (κ2) is 9.32. The number of nitrogens with zero attached hydrogens (tertiary/aromatic N) is 2. The van der Waals surface area contributed by atoms with Crippen molar-refractivity contribution >= 4 is 17.5 Å². The number of benzene rings is 1. The number of nitrogens with one attached hydrogen (secondary N) is 2. The number of carbonyl (C=O) groups excluding carboxylic acids is 2. The molecule has 3 rings (SSSR count). The summed E-state index contributed by atoms with van der Waals surface area (Å²) in [5.41, 5.74) is 1.59. The average Bonchev–Trinajstić information content (AvgIpc) is 2.78. The lowest BCUT2D eigenvalue weighted by atomic mass is 10.2. The third kappa shape index (κ3) is 5.07. The van der Waals surface area contributed by atoms with E-state index in [4.69, 9.17) is 9.47 Å². The van der Waals surface area contributed by atoms with Crippen LogP contribution in [0.4, 0.5) is 5.69 Å². The van der Waals surface area contributed by atoms with E-state index < -0.39 is 5.91 Å². The van der Waals surface area contributed by atoms with Crippen LogP contribution in [0.3, 0.4) is 0 Å². The molecule has 0 radical (unpaired) electrons. The van der Waals surface area contributed by atoms with Gasteiger partial charge in [-0.3, -0.25) is 14.6 Å². The Morgan fingerprint density at radius 3 is 2.34 bits per heavy atom. The molecular weight excluding hydrogens is 372 g/mol. The first-order chi connectivity index (χ1) is 14.1. The number of pyridine rings is 2. The molecule has 2 N–H and O–H groups in total. The van der Waals surface area contributed by atoms with E-state index in [9.17, 15) is 9.59 Å². The highest BCUT2D eigenvalue weighted by atomic mass is 16.5. The molecule has 0 saturated heterocycles. The van der Waals surface area contributed by atoms with Crippen molar-refractivity contribution in [2.75, 3.05) is 19.5 Å². The molecule has 0 unspecified atom stereocenters. The Balaban J connectivity index is 1.72. The van der Waals surface area contributed by atoms with Crippen LogP contribution in [-0.2, 0) is 6.54 Å². The fourth-order valence-corrected chi connectivity index (χ4v) is 2.56. The second-order valence-corrected chi connectivity index (χ2v) is 5.97. The van der Waals surface area contributed by atoms with Crippen molar-refractivity contribution in [3.05, 3.63) is 77.9 Å². The van der Waals surface area contributed by atoms with Gasteiger partial charge in [-0.25, -0.2) is 4.98 Å². The maximum atomic E-state index is 12.6. The topological polar surface area (TPSA) is 102 Å². The second-order valence-electron chi connectivity index (χ2n) is 5.97. The fraction of sp³-hybridized carbons (Fsp3) is 0.143. The average molecular weight is 392 g/mol. The molecule has 0 aliphatic carbocycles. The molecule has 0 aliphatic heterocycles. The third-order valence-electron chi connectivity index (χ3n) is 4.07. The molecule has 0 fully saturated rings. The van der Waals surface area contributed by atoms with Gasteiger partial charge in [0, 0.05) is 25.0 Å². The molecule has 0 bridgehead atoms. The molecule has 29 heavy (non-hydrogen) atoms. The number of rotatable bonds is 7. The monoisotopic (exact) mass is 392 g/mol. The summed E-state index contributed by atoms with van der Waals surface area (Å²) in [6.45, 7) is 0.334. The van der Waals surface area contributed by atoms with Crippen LogP contribution >= 0.6 is 0 Å². The highest BCUT2D eigenvalue weighted by Crippen LogP contribution is 2.29. The maximum Gasteiger partial charge on any atom is 0.274 e. The minimum atomic E-state index is -0.472. The van der Waals surface area contributed by atoms with Gasteiger partial charge in [-0.2, -0.15) is 0 Å². The first-order valence-corrected chi connectivity index (χ1v) is 8.78. The Morgan fingerprint density at radius 1 is 0.931 bits per heavy atom. The Morgan fingerprint density at radius 2 is 1.66 bits per heavy atom. The number of carbonyl (C=O) groups is 2. The van der Waals surface area contributed by atoms with Crippen molar-refractivity contribution in [2.45, 2.75) is 6.54 Å². The molecule has 1 aromatic carbocycles. The lowest BCUT2D eigenvalue weighted by Gasteiger charge is -2.12. The molecule has 2 aromatic heterocycles. The van der Waals surface area contributed by atoms with Crippen molar-refractivity contribution in [3.63, 3.8) is 0 Å².